The molecule has 0 aromatic carbocycles. The summed E-state index contributed by atoms with van der Waals surface area (Å²) >= 11 is 0. The lowest BCUT2D eigenvalue weighted by atomic mass is 9.33. The average Bonchev–Trinajstić information content (AvgIpc) is 2.75. The van der Waals surface area contributed by atoms with Crippen LogP contribution in [0.3, 0.4) is 0 Å². The van der Waals surface area contributed by atoms with Crippen molar-refractivity contribution in [3.8, 4) is 0 Å². The highest BCUT2D eigenvalue weighted by Crippen LogP contribution is 2.75. The summed E-state index contributed by atoms with van der Waals surface area (Å²) in [5.41, 5.74) is -0.684. The van der Waals surface area contributed by atoms with E-state index >= 15 is 0 Å². The summed E-state index contributed by atoms with van der Waals surface area (Å²) in [6.45, 7) is 15.6. The highest BCUT2D eigenvalue weighted by atomic mass is 16.4. The minimum Gasteiger partial charge on any atom is -0.481 e. The van der Waals surface area contributed by atoms with E-state index in [2.05, 4.69) is 54.5 Å². The van der Waals surface area contributed by atoms with E-state index in [0.29, 0.717) is 31.1 Å². The summed E-state index contributed by atoms with van der Waals surface area (Å²) in [6, 6.07) is 0. The predicted octanol–water partition coefficient (Wildman–Crippen LogP) is 5.18. The molecular weight excluding hydrogens is 440 g/mol. The van der Waals surface area contributed by atoms with Gasteiger partial charge in [-0.05, 0) is 90.3 Å². The fraction of sp³-hybridized carbons (Fsp3) is 0.900. The van der Waals surface area contributed by atoms with Crippen molar-refractivity contribution < 1.29 is 25.2 Å². The maximum atomic E-state index is 12.8. The summed E-state index contributed by atoms with van der Waals surface area (Å²) in [5.74, 6) is -0.420. The number of fused-ring (bicyclic) bond motifs is 7. The summed E-state index contributed by atoms with van der Waals surface area (Å²) in [7, 11) is 0. The number of allylic oxidation sites excluding steroid dienone is 1. The van der Waals surface area contributed by atoms with E-state index in [0.717, 1.165) is 32.1 Å². The van der Waals surface area contributed by atoms with Gasteiger partial charge in [-0.15, -0.1) is 0 Å². The SMILES string of the molecule is CC1(C)CC[C@]2(C(=O)O)CC[C@]3(C)C(=CC[C@@H]4[C@@]5(C)C[C@@H](O)[C@H](O)C(C)(C)[C@@H]5CC[C@]43C)[C@@H]2[C@@H]1O. The maximum Gasteiger partial charge on any atom is 0.310 e. The molecule has 0 bridgehead atoms. The van der Waals surface area contributed by atoms with Crippen LogP contribution in [0.2, 0.25) is 0 Å². The van der Waals surface area contributed by atoms with Crippen molar-refractivity contribution in [2.75, 3.05) is 0 Å². The highest BCUT2D eigenvalue weighted by Gasteiger charge is 2.71. The van der Waals surface area contributed by atoms with E-state index in [1.807, 2.05) is 0 Å². The Morgan fingerprint density at radius 3 is 2.11 bits per heavy atom. The number of rotatable bonds is 1. The van der Waals surface area contributed by atoms with E-state index in [4.69, 9.17) is 0 Å². The van der Waals surface area contributed by atoms with Gasteiger partial charge in [-0.2, -0.15) is 0 Å². The highest BCUT2D eigenvalue weighted by molar-refractivity contribution is 5.77. The van der Waals surface area contributed by atoms with Gasteiger partial charge >= 0.3 is 5.97 Å². The van der Waals surface area contributed by atoms with Gasteiger partial charge in [0.15, 0.2) is 0 Å². The molecule has 0 saturated heterocycles. The number of carboxylic acids is 1. The van der Waals surface area contributed by atoms with Crippen molar-refractivity contribution in [3.05, 3.63) is 11.6 Å². The standard InChI is InChI=1S/C30H48O5/c1-25(2)12-14-30(24(34)35)15-13-28(6)17(21(30)23(25)33)8-9-20-27(5)16-18(31)22(32)26(3,4)19(27)10-11-29(20,28)7/h8,18-23,31-33H,9-16H2,1-7H3,(H,34,35)/t18-,19+,20-,21-,22+,23+,27+,28-,29-,30+/m1/s1. The van der Waals surface area contributed by atoms with Crippen LogP contribution in [0.25, 0.3) is 0 Å². The second-order valence-corrected chi connectivity index (χ2v) is 15.2. The Morgan fingerprint density at radius 1 is 0.857 bits per heavy atom. The lowest BCUT2D eigenvalue weighted by Crippen LogP contribution is -2.68. The zero-order valence-corrected chi connectivity index (χ0v) is 22.9. The molecule has 0 amide bonds. The van der Waals surface area contributed by atoms with Gasteiger partial charge in [-0.25, -0.2) is 0 Å². The van der Waals surface area contributed by atoms with Crippen molar-refractivity contribution in [2.24, 2.45) is 50.2 Å². The van der Waals surface area contributed by atoms with Crippen molar-refractivity contribution >= 4 is 5.97 Å². The number of hydrogen-bond donors (Lipinski definition) is 4. The van der Waals surface area contributed by atoms with Crippen LogP contribution in [0.15, 0.2) is 11.6 Å². The van der Waals surface area contributed by atoms with Gasteiger partial charge in [-0.1, -0.05) is 60.1 Å². The van der Waals surface area contributed by atoms with Crippen LogP contribution in [0.4, 0.5) is 0 Å². The Morgan fingerprint density at radius 2 is 1.49 bits per heavy atom. The molecule has 5 rings (SSSR count). The molecule has 4 saturated carbocycles. The van der Waals surface area contributed by atoms with Crippen molar-refractivity contribution in [2.45, 2.75) is 118 Å². The molecule has 35 heavy (non-hydrogen) atoms. The maximum absolute atomic E-state index is 12.8. The third-order valence-corrected chi connectivity index (χ3v) is 13.2. The van der Waals surface area contributed by atoms with E-state index in [1.165, 1.54) is 5.57 Å². The lowest BCUT2D eigenvalue weighted by molar-refractivity contribution is -0.234. The van der Waals surface area contributed by atoms with Gasteiger partial charge in [0, 0.05) is 5.92 Å². The zero-order chi connectivity index (χ0) is 26.0. The van der Waals surface area contributed by atoms with Crippen molar-refractivity contribution in [3.63, 3.8) is 0 Å². The second kappa shape index (κ2) is 7.35. The Balaban J connectivity index is 1.63. The molecule has 10 atom stereocenters. The third-order valence-electron chi connectivity index (χ3n) is 13.2. The molecule has 5 aliphatic carbocycles. The van der Waals surface area contributed by atoms with Crippen LogP contribution in [0, 0.1) is 50.2 Å². The number of aliphatic hydroxyl groups excluding tert-OH is 3. The molecule has 0 unspecified atom stereocenters. The minimum absolute atomic E-state index is 0.0492. The quantitative estimate of drug-likeness (QED) is 0.382. The number of carbonyl (C=O) groups is 1. The molecule has 0 aromatic rings. The number of aliphatic hydroxyl groups is 3. The largest absolute Gasteiger partial charge is 0.481 e. The minimum atomic E-state index is -0.877. The first-order chi connectivity index (χ1) is 16.0. The molecule has 5 heteroatoms. The first-order valence-corrected chi connectivity index (χ1v) is 14.0. The number of aliphatic carboxylic acids is 1. The zero-order valence-electron chi connectivity index (χ0n) is 22.9. The topological polar surface area (TPSA) is 98.0 Å². The Kier molecular flexibility index (Phi) is 5.40. The second-order valence-electron chi connectivity index (χ2n) is 15.2. The molecule has 0 spiro atoms. The summed E-state index contributed by atoms with van der Waals surface area (Å²) in [6.07, 6.45) is 6.54. The third kappa shape index (κ3) is 2.95. The van der Waals surface area contributed by atoms with Crippen LogP contribution in [0.5, 0.6) is 0 Å². The van der Waals surface area contributed by atoms with Crippen LogP contribution < -0.4 is 0 Å². The number of hydrogen-bond acceptors (Lipinski definition) is 4. The first kappa shape index (κ1) is 25.7. The van der Waals surface area contributed by atoms with Gasteiger partial charge in [-0.3, -0.25) is 4.79 Å². The molecule has 4 N–H and O–H groups in total. The lowest BCUT2D eigenvalue weighted by Gasteiger charge is -2.71. The Hall–Kier alpha value is -0.910. The molecule has 0 aliphatic heterocycles. The fourth-order valence-electron chi connectivity index (χ4n) is 10.7. The molecule has 0 aromatic heterocycles. The van der Waals surface area contributed by atoms with Gasteiger partial charge in [0.1, 0.15) is 0 Å². The summed E-state index contributed by atoms with van der Waals surface area (Å²) in [5, 5.41) is 44.1. The fourth-order valence-corrected chi connectivity index (χ4v) is 10.7. The predicted molar refractivity (Wildman–Crippen MR) is 135 cm³/mol. The van der Waals surface area contributed by atoms with E-state index in [1.54, 1.807) is 0 Å². The normalized spacial score (nSPS) is 54.4. The van der Waals surface area contributed by atoms with E-state index in [-0.39, 0.29) is 33.0 Å². The average molecular weight is 489 g/mol. The van der Waals surface area contributed by atoms with Crippen LogP contribution in [-0.4, -0.2) is 44.7 Å². The number of carboxylic acid groups (broad SMARTS) is 1. The van der Waals surface area contributed by atoms with Crippen molar-refractivity contribution in [1.82, 2.24) is 0 Å². The molecule has 0 radical (unpaired) electrons. The van der Waals surface area contributed by atoms with Gasteiger partial charge in [0.2, 0.25) is 0 Å². The first-order valence-electron chi connectivity index (χ1n) is 14.0. The monoisotopic (exact) mass is 488 g/mol. The van der Waals surface area contributed by atoms with Crippen LogP contribution in [0.1, 0.15) is 99.8 Å². The van der Waals surface area contributed by atoms with E-state index in [9.17, 15) is 25.2 Å². The molecule has 0 heterocycles. The molecule has 4 fully saturated rings. The Labute approximate surface area is 211 Å². The summed E-state index contributed by atoms with van der Waals surface area (Å²) < 4.78 is 0. The molecule has 5 aliphatic rings. The van der Waals surface area contributed by atoms with Gasteiger partial charge < -0.3 is 20.4 Å². The smallest absolute Gasteiger partial charge is 0.310 e. The molecule has 198 valence electrons. The van der Waals surface area contributed by atoms with Crippen LogP contribution in [-0.2, 0) is 4.79 Å². The molecular formula is C30H48O5. The van der Waals surface area contributed by atoms with Gasteiger partial charge in [0.05, 0.1) is 23.7 Å². The van der Waals surface area contributed by atoms with Crippen LogP contribution >= 0.6 is 0 Å². The van der Waals surface area contributed by atoms with Gasteiger partial charge in [0.25, 0.3) is 0 Å². The van der Waals surface area contributed by atoms with E-state index < -0.39 is 29.7 Å². The Bertz CT molecular complexity index is 952. The molecule has 5 nitrogen and oxygen atoms in total. The summed E-state index contributed by atoms with van der Waals surface area (Å²) in [4.78, 5) is 12.8. The van der Waals surface area contributed by atoms with Crippen molar-refractivity contribution in [1.29, 1.82) is 0 Å².